The van der Waals surface area contributed by atoms with Crippen molar-refractivity contribution in [3.8, 4) is 5.75 Å². The summed E-state index contributed by atoms with van der Waals surface area (Å²) in [4.78, 5) is 30.2. The molecule has 1 aliphatic heterocycles. The third-order valence-corrected chi connectivity index (χ3v) is 4.92. The molecule has 0 saturated carbocycles. The van der Waals surface area contributed by atoms with Gasteiger partial charge in [-0.3, -0.25) is 14.6 Å². The average Bonchev–Trinajstić information content (AvgIpc) is 2.78. The number of benzene rings is 2. The zero-order chi connectivity index (χ0) is 21.2. The number of piperidine rings is 1. The number of nitrogens with zero attached hydrogens (tertiary/aromatic N) is 2. The standard InChI is InChI=1S/C24H29N3O3/c1-2-7-23(28)26-21-12-10-20(11-13-21)25-17-19-8-6-9-22(16-19)30-18-24(29)27-14-4-3-5-15-27/h6,8-13,16-17H,2-5,7,14-15,18H2,1H3,(H,26,28). The number of aliphatic imine (C=N–C) groups is 1. The summed E-state index contributed by atoms with van der Waals surface area (Å²) in [5.74, 6) is 0.711. The van der Waals surface area contributed by atoms with Crippen molar-refractivity contribution in [3.05, 3.63) is 54.1 Å². The largest absolute Gasteiger partial charge is 0.484 e. The molecule has 30 heavy (non-hydrogen) atoms. The van der Waals surface area contributed by atoms with Gasteiger partial charge in [0.25, 0.3) is 5.91 Å². The molecule has 0 unspecified atom stereocenters. The Hall–Kier alpha value is -3.15. The predicted molar refractivity (Wildman–Crippen MR) is 120 cm³/mol. The van der Waals surface area contributed by atoms with Crippen molar-refractivity contribution >= 4 is 29.4 Å². The monoisotopic (exact) mass is 407 g/mol. The van der Waals surface area contributed by atoms with Crippen molar-refractivity contribution in [1.29, 1.82) is 0 Å². The normalized spacial score (nSPS) is 14.0. The van der Waals surface area contributed by atoms with E-state index in [9.17, 15) is 9.59 Å². The molecule has 1 aliphatic rings. The van der Waals surface area contributed by atoms with Crippen LogP contribution in [0.4, 0.5) is 11.4 Å². The summed E-state index contributed by atoms with van der Waals surface area (Å²) in [5, 5.41) is 2.86. The van der Waals surface area contributed by atoms with Gasteiger partial charge in [0.2, 0.25) is 5.91 Å². The third kappa shape index (κ3) is 6.72. The van der Waals surface area contributed by atoms with Crippen LogP contribution in [0.3, 0.4) is 0 Å². The molecule has 0 aromatic heterocycles. The molecule has 2 amide bonds. The number of nitrogens with one attached hydrogen (secondary N) is 1. The van der Waals surface area contributed by atoms with Crippen molar-refractivity contribution in [2.24, 2.45) is 4.99 Å². The van der Waals surface area contributed by atoms with Gasteiger partial charge in [-0.05, 0) is 67.6 Å². The average molecular weight is 408 g/mol. The van der Waals surface area contributed by atoms with Gasteiger partial charge in [0.05, 0.1) is 5.69 Å². The fraction of sp³-hybridized carbons (Fsp3) is 0.375. The second-order valence-corrected chi connectivity index (χ2v) is 7.41. The molecular weight excluding hydrogens is 378 g/mol. The van der Waals surface area contributed by atoms with E-state index >= 15 is 0 Å². The minimum Gasteiger partial charge on any atom is -0.484 e. The number of carbonyl (C=O) groups is 2. The van der Waals surface area contributed by atoms with Gasteiger partial charge in [0.1, 0.15) is 5.75 Å². The van der Waals surface area contributed by atoms with Crippen molar-refractivity contribution in [2.75, 3.05) is 25.0 Å². The van der Waals surface area contributed by atoms with E-state index in [1.165, 1.54) is 6.42 Å². The summed E-state index contributed by atoms with van der Waals surface area (Å²) in [6.45, 7) is 3.70. The van der Waals surface area contributed by atoms with E-state index in [0.29, 0.717) is 12.2 Å². The molecule has 0 bridgehead atoms. The van der Waals surface area contributed by atoms with Crippen LogP contribution < -0.4 is 10.1 Å². The Kier molecular flexibility index (Phi) is 8.01. The quantitative estimate of drug-likeness (QED) is 0.652. The number of ether oxygens (including phenoxy) is 1. The number of carbonyl (C=O) groups excluding carboxylic acids is 2. The first-order valence-corrected chi connectivity index (χ1v) is 10.6. The molecule has 158 valence electrons. The van der Waals surface area contributed by atoms with Crippen molar-refractivity contribution in [2.45, 2.75) is 39.0 Å². The molecular formula is C24H29N3O3. The topological polar surface area (TPSA) is 71.0 Å². The van der Waals surface area contributed by atoms with Crippen LogP contribution in [0.25, 0.3) is 0 Å². The van der Waals surface area contributed by atoms with Crippen LogP contribution in [-0.2, 0) is 9.59 Å². The molecule has 1 fully saturated rings. The highest BCUT2D eigenvalue weighted by Gasteiger charge is 2.16. The molecule has 0 radical (unpaired) electrons. The van der Waals surface area contributed by atoms with Crippen LogP contribution in [0, 0.1) is 0 Å². The molecule has 0 atom stereocenters. The number of hydrogen-bond donors (Lipinski definition) is 1. The molecule has 2 aromatic carbocycles. The maximum atomic E-state index is 12.2. The highest BCUT2D eigenvalue weighted by atomic mass is 16.5. The van der Waals surface area contributed by atoms with Gasteiger partial charge in [-0.15, -0.1) is 0 Å². The number of amides is 2. The van der Waals surface area contributed by atoms with E-state index in [0.717, 1.165) is 49.3 Å². The van der Waals surface area contributed by atoms with E-state index in [1.54, 1.807) is 6.21 Å². The van der Waals surface area contributed by atoms with Gasteiger partial charge in [-0.1, -0.05) is 19.1 Å². The number of rotatable bonds is 8. The SMILES string of the molecule is CCCC(=O)Nc1ccc(N=Cc2cccc(OCC(=O)N3CCCCC3)c2)cc1. The van der Waals surface area contributed by atoms with Gasteiger partial charge >= 0.3 is 0 Å². The predicted octanol–water partition coefficient (Wildman–Crippen LogP) is 4.57. The summed E-state index contributed by atoms with van der Waals surface area (Å²) in [5.41, 5.74) is 2.44. The molecule has 2 aromatic rings. The van der Waals surface area contributed by atoms with E-state index in [-0.39, 0.29) is 18.4 Å². The Balaban J connectivity index is 1.53. The first-order valence-electron chi connectivity index (χ1n) is 10.6. The van der Waals surface area contributed by atoms with Crippen LogP contribution in [0.1, 0.15) is 44.6 Å². The molecule has 6 nitrogen and oxygen atoms in total. The second kappa shape index (κ2) is 11.1. The van der Waals surface area contributed by atoms with Crippen LogP contribution in [0.2, 0.25) is 0 Å². The lowest BCUT2D eigenvalue weighted by Gasteiger charge is -2.26. The summed E-state index contributed by atoms with van der Waals surface area (Å²) in [7, 11) is 0. The van der Waals surface area contributed by atoms with E-state index in [2.05, 4.69) is 10.3 Å². The smallest absolute Gasteiger partial charge is 0.260 e. The van der Waals surface area contributed by atoms with Gasteiger partial charge < -0.3 is 15.0 Å². The van der Waals surface area contributed by atoms with Crippen molar-refractivity contribution < 1.29 is 14.3 Å². The Morgan fingerprint density at radius 3 is 2.60 bits per heavy atom. The Labute approximate surface area is 178 Å². The lowest BCUT2D eigenvalue weighted by Crippen LogP contribution is -2.38. The van der Waals surface area contributed by atoms with Crippen LogP contribution >= 0.6 is 0 Å². The van der Waals surface area contributed by atoms with Gasteiger partial charge in [0, 0.05) is 31.4 Å². The summed E-state index contributed by atoms with van der Waals surface area (Å²) in [6.07, 6.45) is 6.44. The van der Waals surface area contributed by atoms with E-state index < -0.39 is 0 Å². The van der Waals surface area contributed by atoms with E-state index in [1.807, 2.05) is 60.4 Å². The van der Waals surface area contributed by atoms with Crippen LogP contribution in [0.15, 0.2) is 53.5 Å². The van der Waals surface area contributed by atoms with Crippen LogP contribution in [-0.4, -0.2) is 42.6 Å². The molecule has 1 heterocycles. The maximum Gasteiger partial charge on any atom is 0.260 e. The van der Waals surface area contributed by atoms with Gasteiger partial charge in [-0.25, -0.2) is 0 Å². The van der Waals surface area contributed by atoms with Crippen molar-refractivity contribution in [1.82, 2.24) is 4.90 Å². The minimum atomic E-state index is 0.0179. The molecule has 1 saturated heterocycles. The first kappa shape index (κ1) is 21.6. The Morgan fingerprint density at radius 1 is 1.10 bits per heavy atom. The number of hydrogen-bond acceptors (Lipinski definition) is 4. The number of anilines is 1. The van der Waals surface area contributed by atoms with Crippen LogP contribution in [0.5, 0.6) is 5.75 Å². The van der Waals surface area contributed by atoms with E-state index in [4.69, 9.17) is 4.74 Å². The lowest BCUT2D eigenvalue weighted by molar-refractivity contribution is -0.134. The molecule has 1 N–H and O–H groups in total. The zero-order valence-electron chi connectivity index (χ0n) is 17.5. The van der Waals surface area contributed by atoms with Gasteiger partial charge in [-0.2, -0.15) is 0 Å². The fourth-order valence-corrected chi connectivity index (χ4v) is 3.29. The fourth-order valence-electron chi connectivity index (χ4n) is 3.29. The minimum absolute atomic E-state index is 0.0179. The summed E-state index contributed by atoms with van der Waals surface area (Å²) >= 11 is 0. The maximum absolute atomic E-state index is 12.2. The highest BCUT2D eigenvalue weighted by Crippen LogP contribution is 2.18. The third-order valence-electron chi connectivity index (χ3n) is 4.92. The number of likely N-dealkylation sites (tertiary alicyclic amines) is 1. The Morgan fingerprint density at radius 2 is 1.87 bits per heavy atom. The molecule has 0 spiro atoms. The first-order chi connectivity index (χ1) is 14.6. The summed E-state index contributed by atoms with van der Waals surface area (Å²) in [6, 6.07) is 14.9. The Bertz CT molecular complexity index is 872. The molecule has 0 aliphatic carbocycles. The van der Waals surface area contributed by atoms with Crippen molar-refractivity contribution in [3.63, 3.8) is 0 Å². The summed E-state index contributed by atoms with van der Waals surface area (Å²) < 4.78 is 5.69. The second-order valence-electron chi connectivity index (χ2n) is 7.41. The molecule has 3 rings (SSSR count). The zero-order valence-corrected chi connectivity index (χ0v) is 17.5. The molecule has 6 heteroatoms. The van der Waals surface area contributed by atoms with Gasteiger partial charge in [0.15, 0.2) is 6.61 Å². The lowest BCUT2D eigenvalue weighted by atomic mass is 10.1. The highest BCUT2D eigenvalue weighted by molar-refractivity contribution is 5.91.